The maximum Gasteiger partial charge on any atom is 0.338 e. The first-order valence-electron chi connectivity index (χ1n) is 7.73. The Kier molecular flexibility index (Phi) is 6.45. The zero-order valence-electron chi connectivity index (χ0n) is 14.9. The summed E-state index contributed by atoms with van der Waals surface area (Å²) >= 11 is 6.01. The van der Waals surface area contributed by atoms with Crippen LogP contribution in [0.2, 0.25) is 5.02 Å². The van der Waals surface area contributed by atoms with Crippen LogP contribution < -0.4 is 10.1 Å². The quantitative estimate of drug-likeness (QED) is 0.734. The van der Waals surface area contributed by atoms with Crippen LogP contribution in [0.3, 0.4) is 0 Å². The van der Waals surface area contributed by atoms with Crippen LogP contribution >= 0.6 is 11.6 Å². The minimum Gasteiger partial charge on any atom is -0.495 e. The highest BCUT2D eigenvalue weighted by Crippen LogP contribution is 2.30. The van der Waals surface area contributed by atoms with Crippen molar-refractivity contribution in [2.24, 2.45) is 0 Å². The summed E-state index contributed by atoms with van der Waals surface area (Å²) in [5.74, 6) is -0.928. The number of rotatable bonds is 6. The first kappa shape index (κ1) is 20.7. The molecule has 0 fully saturated rings. The fourth-order valence-corrected chi connectivity index (χ4v) is 2.95. The first-order valence-corrected chi connectivity index (χ1v) is 10.00. The van der Waals surface area contributed by atoms with Crippen LogP contribution in [0.15, 0.2) is 41.3 Å². The predicted octanol–water partition coefficient (Wildman–Crippen LogP) is 2.86. The summed E-state index contributed by atoms with van der Waals surface area (Å²) in [5.41, 5.74) is 1.28. The van der Waals surface area contributed by atoms with Crippen LogP contribution in [0.25, 0.3) is 0 Å². The van der Waals surface area contributed by atoms with E-state index in [0.29, 0.717) is 16.5 Å². The van der Waals surface area contributed by atoms with Crippen molar-refractivity contribution in [2.75, 3.05) is 25.3 Å². The van der Waals surface area contributed by atoms with Gasteiger partial charge in [-0.15, -0.1) is 0 Å². The molecule has 0 saturated heterocycles. The van der Waals surface area contributed by atoms with Gasteiger partial charge in [0.05, 0.1) is 23.3 Å². The number of nitrogens with one attached hydrogen (secondary N) is 1. The second kappa shape index (κ2) is 8.41. The molecular formula is C18H18ClNO6S. The van der Waals surface area contributed by atoms with E-state index in [4.69, 9.17) is 21.1 Å². The standard InChI is InChI=1S/C18H18ClNO6S/c1-11-8-15(16(25-2)9-14(11)19)20-17(21)10-26-18(22)12-4-6-13(7-5-12)27(3,23)24/h4-9H,10H2,1-3H3,(H,20,21). The Labute approximate surface area is 162 Å². The number of amides is 1. The molecule has 2 aromatic carbocycles. The lowest BCUT2D eigenvalue weighted by Crippen LogP contribution is -2.21. The lowest BCUT2D eigenvalue weighted by Gasteiger charge is -2.12. The topological polar surface area (TPSA) is 98.8 Å². The molecule has 0 bridgehead atoms. The van der Waals surface area contributed by atoms with Gasteiger partial charge in [-0.1, -0.05) is 11.6 Å². The molecule has 0 aromatic heterocycles. The summed E-state index contributed by atoms with van der Waals surface area (Å²) in [6, 6.07) is 8.46. The van der Waals surface area contributed by atoms with Crippen molar-refractivity contribution in [1.82, 2.24) is 0 Å². The monoisotopic (exact) mass is 411 g/mol. The van der Waals surface area contributed by atoms with E-state index in [-0.39, 0.29) is 10.5 Å². The molecule has 9 heteroatoms. The van der Waals surface area contributed by atoms with Crippen LogP contribution in [0.1, 0.15) is 15.9 Å². The van der Waals surface area contributed by atoms with Gasteiger partial charge in [-0.3, -0.25) is 4.79 Å². The highest BCUT2D eigenvalue weighted by molar-refractivity contribution is 7.90. The van der Waals surface area contributed by atoms with Crippen molar-refractivity contribution in [1.29, 1.82) is 0 Å². The Bertz CT molecular complexity index is 970. The summed E-state index contributed by atoms with van der Waals surface area (Å²) in [4.78, 5) is 24.1. The van der Waals surface area contributed by atoms with Crippen LogP contribution in [-0.4, -0.2) is 40.3 Å². The summed E-state index contributed by atoms with van der Waals surface area (Å²) in [6.07, 6.45) is 1.07. The summed E-state index contributed by atoms with van der Waals surface area (Å²) < 4.78 is 32.9. The van der Waals surface area contributed by atoms with Gasteiger partial charge < -0.3 is 14.8 Å². The van der Waals surface area contributed by atoms with Gasteiger partial charge in [0.25, 0.3) is 5.91 Å². The van der Waals surface area contributed by atoms with Gasteiger partial charge in [0.1, 0.15) is 5.75 Å². The molecule has 0 unspecified atom stereocenters. The van der Waals surface area contributed by atoms with Crippen LogP contribution in [0.4, 0.5) is 5.69 Å². The number of esters is 1. The molecule has 1 amide bonds. The fraction of sp³-hybridized carbons (Fsp3) is 0.222. The van der Waals surface area contributed by atoms with Crippen molar-refractivity contribution >= 4 is 39.0 Å². The maximum atomic E-state index is 12.0. The fourth-order valence-electron chi connectivity index (χ4n) is 2.17. The molecule has 7 nitrogen and oxygen atoms in total. The molecule has 0 aliphatic heterocycles. The second-order valence-electron chi connectivity index (χ2n) is 5.72. The van der Waals surface area contributed by atoms with Crippen molar-refractivity contribution in [3.63, 3.8) is 0 Å². The number of sulfone groups is 1. The molecule has 1 N–H and O–H groups in total. The minimum absolute atomic E-state index is 0.0852. The lowest BCUT2D eigenvalue weighted by atomic mass is 10.2. The van der Waals surface area contributed by atoms with Crippen LogP contribution in [0, 0.1) is 6.92 Å². The number of carbonyl (C=O) groups excluding carboxylic acids is 2. The number of hydrogen-bond donors (Lipinski definition) is 1. The molecule has 0 spiro atoms. The number of carbonyl (C=O) groups is 2. The molecule has 144 valence electrons. The van der Waals surface area contributed by atoms with Gasteiger partial charge >= 0.3 is 5.97 Å². The smallest absolute Gasteiger partial charge is 0.338 e. The summed E-state index contributed by atoms with van der Waals surface area (Å²) in [6.45, 7) is 1.26. The van der Waals surface area contributed by atoms with Crippen LogP contribution in [0.5, 0.6) is 5.75 Å². The van der Waals surface area contributed by atoms with E-state index in [0.717, 1.165) is 11.8 Å². The third-order valence-electron chi connectivity index (χ3n) is 3.61. The highest BCUT2D eigenvalue weighted by Gasteiger charge is 2.14. The third kappa shape index (κ3) is 5.45. The molecule has 0 heterocycles. The first-order chi connectivity index (χ1) is 12.6. The molecule has 0 atom stereocenters. The Hall–Kier alpha value is -2.58. The molecule has 0 radical (unpaired) electrons. The molecule has 0 aliphatic rings. The van der Waals surface area contributed by atoms with E-state index in [1.807, 2.05) is 0 Å². The van der Waals surface area contributed by atoms with Gasteiger partial charge in [0.2, 0.25) is 0 Å². The average Bonchev–Trinajstić information content (AvgIpc) is 2.62. The second-order valence-corrected chi connectivity index (χ2v) is 8.15. The largest absolute Gasteiger partial charge is 0.495 e. The number of ether oxygens (including phenoxy) is 2. The van der Waals surface area contributed by atoms with E-state index in [2.05, 4.69) is 5.32 Å². The maximum absolute atomic E-state index is 12.0. The molecule has 2 rings (SSSR count). The number of halogens is 1. The van der Waals surface area contributed by atoms with Crippen molar-refractivity contribution < 1.29 is 27.5 Å². The van der Waals surface area contributed by atoms with E-state index in [1.54, 1.807) is 19.1 Å². The molecule has 0 saturated carbocycles. The number of methoxy groups -OCH3 is 1. The SMILES string of the molecule is COc1cc(Cl)c(C)cc1NC(=O)COC(=O)c1ccc(S(C)(=O)=O)cc1. The Morgan fingerprint density at radius 1 is 1.15 bits per heavy atom. The van der Waals surface area contributed by atoms with Crippen molar-refractivity contribution in [3.8, 4) is 5.75 Å². The Morgan fingerprint density at radius 3 is 2.33 bits per heavy atom. The molecule has 2 aromatic rings. The lowest BCUT2D eigenvalue weighted by molar-refractivity contribution is -0.119. The van der Waals surface area contributed by atoms with Gasteiger partial charge in [0.15, 0.2) is 16.4 Å². The normalized spacial score (nSPS) is 11.0. The average molecular weight is 412 g/mol. The number of anilines is 1. The van der Waals surface area contributed by atoms with E-state index >= 15 is 0 Å². The third-order valence-corrected chi connectivity index (χ3v) is 5.14. The number of benzene rings is 2. The van der Waals surface area contributed by atoms with Crippen molar-refractivity contribution in [3.05, 3.63) is 52.5 Å². The minimum atomic E-state index is -3.36. The van der Waals surface area contributed by atoms with Gasteiger partial charge in [-0.2, -0.15) is 0 Å². The van der Waals surface area contributed by atoms with E-state index < -0.39 is 28.3 Å². The van der Waals surface area contributed by atoms with Crippen molar-refractivity contribution in [2.45, 2.75) is 11.8 Å². The summed E-state index contributed by atoms with van der Waals surface area (Å²) in [7, 11) is -1.92. The van der Waals surface area contributed by atoms with E-state index in [9.17, 15) is 18.0 Å². The summed E-state index contributed by atoms with van der Waals surface area (Å²) in [5, 5.41) is 3.08. The molecule has 27 heavy (non-hydrogen) atoms. The number of hydrogen-bond acceptors (Lipinski definition) is 6. The van der Waals surface area contributed by atoms with Gasteiger partial charge in [-0.25, -0.2) is 13.2 Å². The zero-order chi connectivity index (χ0) is 20.2. The van der Waals surface area contributed by atoms with E-state index in [1.165, 1.54) is 31.4 Å². The Balaban J connectivity index is 1.99. The molecule has 0 aliphatic carbocycles. The highest BCUT2D eigenvalue weighted by atomic mass is 35.5. The number of aryl methyl sites for hydroxylation is 1. The zero-order valence-corrected chi connectivity index (χ0v) is 16.5. The molecular weight excluding hydrogens is 394 g/mol. The van der Waals surface area contributed by atoms with Gasteiger partial charge in [-0.05, 0) is 42.8 Å². The van der Waals surface area contributed by atoms with Gasteiger partial charge in [0, 0.05) is 17.3 Å². The van der Waals surface area contributed by atoms with Crippen LogP contribution in [-0.2, 0) is 19.4 Å². The predicted molar refractivity (Wildman–Crippen MR) is 101 cm³/mol. The Morgan fingerprint density at radius 2 is 1.78 bits per heavy atom.